The van der Waals surface area contributed by atoms with E-state index in [1.54, 1.807) is 0 Å². The zero-order chi connectivity index (χ0) is 12.1. The van der Waals surface area contributed by atoms with E-state index >= 15 is 0 Å². The molecule has 0 saturated heterocycles. The van der Waals surface area contributed by atoms with Gasteiger partial charge in [0, 0.05) is 0 Å². The Morgan fingerprint density at radius 3 is 1.93 bits per heavy atom. The van der Waals surface area contributed by atoms with Crippen molar-refractivity contribution in [3.8, 4) is 0 Å². The lowest BCUT2D eigenvalue weighted by atomic mass is 9.81. The van der Waals surface area contributed by atoms with Crippen LogP contribution in [0.25, 0.3) is 0 Å². The third-order valence-corrected chi connectivity index (χ3v) is 2.89. The van der Waals surface area contributed by atoms with Gasteiger partial charge in [0.2, 0.25) is 0 Å². The van der Waals surface area contributed by atoms with Crippen molar-refractivity contribution < 1.29 is 0 Å². The molecule has 0 amide bonds. The Balaban J connectivity index is 4.79. The molecule has 0 aliphatic rings. The van der Waals surface area contributed by atoms with Gasteiger partial charge in [0.15, 0.2) is 0 Å². The molecular weight excluding hydrogens is 182 g/mol. The van der Waals surface area contributed by atoms with Crippen molar-refractivity contribution in [1.29, 1.82) is 0 Å². The van der Waals surface area contributed by atoms with Gasteiger partial charge in [0.1, 0.15) is 0 Å². The van der Waals surface area contributed by atoms with Crippen molar-refractivity contribution in [2.24, 2.45) is 5.92 Å². The molecule has 0 aromatic rings. The summed E-state index contributed by atoms with van der Waals surface area (Å²) in [7, 11) is 0. The van der Waals surface area contributed by atoms with Crippen molar-refractivity contribution in [1.82, 2.24) is 5.32 Å². The van der Waals surface area contributed by atoms with Crippen molar-refractivity contribution in [3.63, 3.8) is 0 Å². The maximum absolute atomic E-state index is 4.12. The Bertz CT molecular complexity index is 211. The molecule has 0 aliphatic heterocycles. The van der Waals surface area contributed by atoms with Crippen molar-refractivity contribution in [2.45, 2.75) is 53.0 Å². The molecule has 88 valence electrons. The van der Waals surface area contributed by atoms with Crippen LogP contribution in [0.3, 0.4) is 0 Å². The minimum absolute atomic E-state index is 0.0565. The normalized spacial score (nSPS) is 11.9. The Morgan fingerprint density at radius 2 is 1.67 bits per heavy atom. The summed E-state index contributed by atoms with van der Waals surface area (Å²) in [4.78, 5) is 0. The summed E-state index contributed by atoms with van der Waals surface area (Å²) >= 11 is 0. The van der Waals surface area contributed by atoms with E-state index < -0.39 is 0 Å². The second kappa shape index (κ2) is 6.12. The molecule has 0 atom stereocenters. The van der Waals surface area contributed by atoms with Crippen LogP contribution in [-0.2, 0) is 0 Å². The Kier molecular flexibility index (Phi) is 5.89. The van der Waals surface area contributed by atoms with Crippen molar-refractivity contribution in [3.05, 3.63) is 24.3 Å². The molecule has 1 heteroatoms. The lowest BCUT2D eigenvalue weighted by molar-refractivity contribution is 0.380. The first-order valence-corrected chi connectivity index (χ1v) is 5.93. The van der Waals surface area contributed by atoms with Crippen LogP contribution in [0.2, 0.25) is 0 Å². The first kappa shape index (κ1) is 14.4. The molecule has 0 rings (SSSR count). The highest BCUT2D eigenvalue weighted by atomic mass is 15.0. The predicted octanol–water partition coefficient (Wildman–Crippen LogP) is 3.92. The fourth-order valence-corrected chi connectivity index (χ4v) is 1.93. The topological polar surface area (TPSA) is 12.0 Å². The highest BCUT2D eigenvalue weighted by Gasteiger charge is 2.30. The summed E-state index contributed by atoms with van der Waals surface area (Å²) in [5, 5.41) is 3.63. The molecule has 1 nitrogen and oxygen atoms in total. The molecule has 0 unspecified atom stereocenters. The van der Waals surface area contributed by atoms with Gasteiger partial charge in [0.05, 0.1) is 5.54 Å². The summed E-state index contributed by atoms with van der Waals surface area (Å²) in [6.07, 6.45) is 2.23. The van der Waals surface area contributed by atoms with Crippen molar-refractivity contribution in [2.75, 3.05) is 6.54 Å². The van der Waals surface area contributed by atoms with Gasteiger partial charge in [-0.25, -0.2) is 0 Å². The molecule has 15 heavy (non-hydrogen) atoms. The SMILES string of the molecule is C=C(C)C(CCC)(NCC(C)C)C(=C)C. The van der Waals surface area contributed by atoms with E-state index in [0.717, 1.165) is 19.4 Å². The standard InChI is InChI=1S/C14H27N/c1-8-9-14(12(4)5,13(6)7)15-10-11(2)3/h11,15H,4,6,8-10H2,1-3,5,7H3. The van der Waals surface area contributed by atoms with Crippen LogP contribution < -0.4 is 5.32 Å². The monoisotopic (exact) mass is 209 g/mol. The molecule has 0 aliphatic carbocycles. The maximum atomic E-state index is 4.12. The number of rotatable bonds is 7. The third kappa shape index (κ3) is 3.83. The van der Waals surface area contributed by atoms with Gasteiger partial charge in [-0.2, -0.15) is 0 Å². The van der Waals surface area contributed by atoms with Crippen LogP contribution in [0.15, 0.2) is 24.3 Å². The highest BCUT2D eigenvalue weighted by molar-refractivity contribution is 5.30. The molecular formula is C14H27N. The second-order valence-electron chi connectivity index (χ2n) is 4.99. The van der Waals surface area contributed by atoms with Crippen LogP contribution in [0, 0.1) is 5.92 Å². The Morgan fingerprint density at radius 1 is 1.20 bits per heavy atom. The summed E-state index contributed by atoms with van der Waals surface area (Å²) < 4.78 is 0. The van der Waals surface area contributed by atoms with Gasteiger partial charge in [-0.1, -0.05) is 51.5 Å². The first-order valence-electron chi connectivity index (χ1n) is 5.93. The van der Waals surface area contributed by atoms with E-state index in [4.69, 9.17) is 0 Å². The molecule has 0 fully saturated rings. The fourth-order valence-electron chi connectivity index (χ4n) is 1.93. The molecule has 1 N–H and O–H groups in total. The van der Waals surface area contributed by atoms with Crippen LogP contribution >= 0.6 is 0 Å². The molecule has 0 radical (unpaired) electrons. The van der Waals surface area contributed by atoms with Crippen LogP contribution in [0.1, 0.15) is 47.5 Å². The molecule has 0 spiro atoms. The smallest absolute Gasteiger partial charge is 0.0598 e. The van der Waals surface area contributed by atoms with E-state index in [1.807, 2.05) is 0 Å². The van der Waals surface area contributed by atoms with Gasteiger partial charge in [-0.05, 0) is 32.7 Å². The van der Waals surface area contributed by atoms with Crippen LogP contribution in [0.5, 0.6) is 0 Å². The summed E-state index contributed by atoms with van der Waals surface area (Å²) in [5.41, 5.74) is 2.30. The first-order chi connectivity index (χ1) is 6.86. The van der Waals surface area contributed by atoms with Gasteiger partial charge >= 0.3 is 0 Å². The third-order valence-electron chi connectivity index (χ3n) is 2.89. The number of hydrogen-bond donors (Lipinski definition) is 1. The second-order valence-corrected chi connectivity index (χ2v) is 4.99. The van der Waals surface area contributed by atoms with E-state index in [1.165, 1.54) is 11.1 Å². The molecule has 0 aromatic carbocycles. The highest BCUT2D eigenvalue weighted by Crippen LogP contribution is 2.28. The average Bonchev–Trinajstić information content (AvgIpc) is 2.10. The molecule has 0 aromatic heterocycles. The van der Waals surface area contributed by atoms with Gasteiger partial charge in [-0.15, -0.1) is 0 Å². The van der Waals surface area contributed by atoms with E-state index in [-0.39, 0.29) is 5.54 Å². The van der Waals surface area contributed by atoms with Crippen LogP contribution in [0.4, 0.5) is 0 Å². The maximum Gasteiger partial charge on any atom is 0.0598 e. The summed E-state index contributed by atoms with van der Waals surface area (Å²) in [6.45, 7) is 20.1. The number of nitrogens with one attached hydrogen (secondary N) is 1. The van der Waals surface area contributed by atoms with E-state index in [0.29, 0.717) is 5.92 Å². The minimum atomic E-state index is -0.0565. The average molecular weight is 209 g/mol. The van der Waals surface area contributed by atoms with Gasteiger partial charge in [-0.3, -0.25) is 0 Å². The van der Waals surface area contributed by atoms with E-state index in [9.17, 15) is 0 Å². The van der Waals surface area contributed by atoms with Gasteiger partial charge in [0.25, 0.3) is 0 Å². The summed E-state index contributed by atoms with van der Waals surface area (Å²) in [6, 6.07) is 0. The number of hydrogen-bond acceptors (Lipinski definition) is 1. The lowest BCUT2D eigenvalue weighted by Crippen LogP contribution is -2.48. The molecule has 0 bridgehead atoms. The predicted molar refractivity (Wildman–Crippen MR) is 70.1 cm³/mol. The quantitative estimate of drug-likeness (QED) is 0.627. The van der Waals surface area contributed by atoms with Crippen molar-refractivity contribution >= 4 is 0 Å². The zero-order valence-electron chi connectivity index (χ0n) is 11.1. The van der Waals surface area contributed by atoms with Gasteiger partial charge < -0.3 is 5.32 Å². The molecule has 0 heterocycles. The van der Waals surface area contributed by atoms with E-state index in [2.05, 4.69) is 53.1 Å². The van der Waals surface area contributed by atoms with Crippen LogP contribution in [-0.4, -0.2) is 12.1 Å². The lowest BCUT2D eigenvalue weighted by Gasteiger charge is -2.37. The Hall–Kier alpha value is -0.560. The largest absolute Gasteiger partial charge is 0.304 e. The fraction of sp³-hybridized carbons (Fsp3) is 0.714. The zero-order valence-corrected chi connectivity index (χ0v) is 11.1. The molecule has 0 saturated carbocycles. The Labute approximate surface area is 95.7 Å². The summed E-state index contributed by atoms with van der Waals surface area (Å²) in [5.74, 6) is 0.653. The minimum Gasteiger partial charge on any atom is -0.304 e.